The Morgan fingerprint density at radius 2 is 2.00 bits per heavy atom. The minimum atomic E-state index is 0.907. The summed E-state index contributed by atoms with van der Waals surface area (Å²) in [6.07, 6.45) is 5.14. The van der Waals surface area contributed by atoms with E-state index in [0.717, 1.165) is 26.2 Å². The first-order valence-corrected chi connectivity index (χ1v) is 2.78. The molecule has 0 spiro atoms. The average Bonchev–Trinajstić information content (AvgIpc) is 1.90. The summed E-state index contributed by atoms with van der Waals surface area (Å²) in [4.78, 5) is 1.95. The Morgan fingerprint density at radius 1 is 1.38 bits per heavy atom. The summed E-state index contributed by atoms with van der Waals surface area (Å²) in [5.74, 6) is 0. The molecule has 0 atom stereocenters. The van der Waals surface area contributed by atoms with Gasteiger partial charge in [-0.1, -0.05) is 6.42 Å². The molecule has 0 unspecified atom stereocenters. The minimum Gasteiger partial charge on any atom is -0.330 e. The van der Waals surface area contributed by atoms with Gasteiger partial charge in [-0.3, -0.25) is 0 Å². The van der Waals surface area contributed by atoms with Crippen LogP contribution in [0, 0.1) is 12.5 Å². The summed E-state index contributed by atoms with van der Waals surface area (Å²) in [6, 6.07) is 2.58. The minimum absolute atomic E-state index is 0.907. The van der Waals surface area contributed by atoms with Crippen LogP contribution in [0.3, 0.4) is 0 Å². The molecule has 1 rings (SSSR count). The van der Waals surface area contributed by atoms with Crippen LogP contribution in [0.25, 0.3) is 0 Å². The van der Waals surface area contributed by atoms with Gasteiger partial charge in [0.1, 0.15) is 0 Å². The Bertz CT molecular complexity index is 97.6. The molecule has 2 heteroatoms. The Morgan fingerprint density at radius 3 is 2.38 bits per heavy atom. The highest BCUT2D eigenvalue weighted by atomic mass is 15.2. The number of nitrogens with zero attached hydrogens (tertiary/aromatic N) is 2. The third-order valence-corrected chi connectivity index (χ3v) is 1.24. The van der Waals surface area contributed by atoms with E-state index in [4.69, 9.17) is 6.42 Å². The number of rotatable bonds is 0. The van der Waals surface area contributed by atoms with Crippen molar-refractivity contribution in [3.05, 3.63) is 0 Å². The van der Waals surface area contributed by atoms with Gasteiger partial charge in [-0.05, 0) is 0 Å². The van der Waals surface area contributed by atoms with Crippen molar-refractivity contribution in [3.8, 4) is 12.5 Å². The first-order valence-electron chi connectivity index (χ1n) is 2.78. The van der Waals surface area contributed by atoms with Gasteiger partial charge in [-0.25, -0.2) is 5.32 Å². The Labute approximate surface area is 49.9 Å². The van der Waals surface area contributed by atoms with Gasteiger partial charge in [0.05, 0.1) is 0 Å². The Kier molecular flexibility index (Phi) is 1.76. The molecule has 1 saturated heterocycles. The van der Waals surface area contributed by atoms with Crippen molar-refractivity contribution >= 4 is 0 Å². The SMILES string of the molecule is C#CN1CC[N]CC1. The molecular weight excluding hydrogens is 100 g/mol. The molecule has 0 aromatic heterocycles. The van der Waals surface area contributed by atoms with Crippen molar-refractivity contribution in [2.75, 3.05) is 26.2 Å². The van der Waals surface area contributed by atoms with Gasteiger partial charge in [0, 0.05) is 32.2 Å². The summed E-state index contributed by atoms with van der Waals surface area (Å²) < 4.78 is 0. The topological polar surface area (TPSA) is 17.3 Å². The lowest BCUT2D eigenvalue weighted by molar-refractivity contribution is 0.338. The van der Waals surface area contributed by atoms with Gasteiger partial charge < -0.3 is 4.90 Å². The normalized spacial score (nSPS) is 20.1. The second-order valence-corrected chi connectivity index (χ2v) is 1.79. The molecule has 0 aromatic rings. The zero-order valence-corrected chi connectivity index (χ0v) is 4.80. The molecule has 2 nitrogen and oxygen atoms in total. The van der Waals surface area contributed by atoms with Crippen molar-refractivity contribution in [2.24, 2.45) is 0 Å². The smallest absolute Gasteiger partial charge is 0.0402 e. The van der Waals surface area contributed by atoms with Crippen LogP contribution in [0.1, 0.15) is 0 Å². The molecule has 1 heterocycles. The lowest BCUT2D eigenvalue weighted by Crippen LogP contribution is -2.36. The van der Waals surface area contributed by atoms with E-state index in [-0.39, 0.29) is 0 Å². The summed E-state index contributed by atoms with van der Waals surface area (Å²) in [5, 5.41) is 4.14. The average molecular weight is 109 g/mol. The second-order valence-electron chi connectivity index (χ2n) is 1.79. The first-order chi connectivity index (χ1) is 3.93. The van der Waals surface area contributed by atoms with Crippen LogP contribution in [0.5, 0.6) is 0 Å². The molecule has 1 radical (unpaired) electrons. The Hall–Kier alpha value is -0.680. The molecule has 0 amide bonds. The molecule has 0 saturated carbocycles. The number of hydrogen-bond acceptors (Lipinski definition) is 1. The van der Waals surface area contributed by atoms with E-state index in [1.807, 2.05) is 4.90 Å². The van der Waals surface area contributed by atoms with E-state index in [2.05, 4.69) is 11.4 Å². The molecule has 0 N–H and O–H groups in total. The summed E-state index contributed by atoms with van der Waals surface area (Å²) in [6.45, 7) is 3.70. The predicted octanol–water partition coefficient (Wildman–Crippen LogP) is -0.503. The number of piperazine rings is 1. The Balaban J connectivity index is 2.25. The fourth-order valence-corrected chi connectivity index (χ4v) is 0.736. The summed E-state index contributed by atoms with van der Waals surface area (Å²) >= 11 is 0. The van der Waals surface area contributed by atoms with Gasteiger partial charge in [-0.15, -0.1) is 0 Å². The van der Waals surface area contributed by atoms with E-state index in [1.165, 1.54) is 0 Å². The van der Waals surface area contributed by atoms with Gasteiger partial charge >= 0.3 is 0 Å². The number of terminal acetylenes is 1. The quantitative estimate of drug-likeness (QED) is 0.383. The van der Waals surface area contributed by atoms with E-state index in [1.54, 1.807) is 0 Å². The highest BCUT2D eigenvalue weighted by molar-refractivity contribution is 4.87. The van der Waals surface area contributed by atoms with Crippen molar-refractivity contribution in [3.63, 3.8) is 0 Å². The molecule has 0 aliphatic carbocycles. The van der Waals surface area contributed by atoms with Gasteiger partial charge in [0.25, 0.3) is 0 Å². The van der Waals surface area contributed by atoms with Crippen LogP contribution in [-0.2, 0) is 0 Å². The largest absolute Gasteiger partial charge is 0.330 e. The fourth-order valence-electron chi connectivity index (χ4n) is 0.736. The molecule has 1 aliphatic heterocycles. The van der Waals surface area contributed by atoms with Gasteiger partial charge in [0.15, 0.2) is 0 Å². The highest BCUT2D eigenvalue weighted by Gasteiger charge is 2.03. The lowest BCUT2D eigenvalue weighted by atomic mass is 10.4. The molecule has 8 heavy (non-hydrogen) atoms. The van der Waals surface area contributed by atoms with Crippen LogP contribution < -0.4 is 5.32 Å². The number of hydrogen-bond donors (Lipinski definition) is 0. The van der Waals surface area contributed by atoms with Crippen molar-refractivity contribution in [1.82, 2.24) is 10.2 Å². The van der Waals surface area contributed by atoms with Crippen LogP contribution >= 0.6 is 0 Å². The molecule has 0 bridgehead atoms. The molecule has 1 aliphatic rings. The molecule has 1 fully saturated rings. The van der Waals surface area contributed by atoms with E-state index in [0.29, 0.717) is 0 Å². The molecule has 43 valence electrons. The second kappa shape index (κ2) is 2.58. The van der Waals surface area contributed by atoms with Crippen LogP contribution in [-0.4, -0.2) is 31.1 Å². The van der Waals surface area contributed by atoms with Crippen molar-refractivity contribution in [1.29, 1.82) is 0 Å². The van der Waals surface area contributed by atoms with E-state index >= 15 is 0 Å². The van der Waals surface area contributed by atoms with Crippen LogP contribution in [0.4, 0.5) is 0 Å². The van der Waals surface area contributed by atoms with Crippen LogP contribution in [0.15, 0.2) is 0 Å². The van der Waals surface area contributed by atoms with Crippen molar-refractivity contribution < 1.29 is 0 Å². The monoisotopic (exact) mass is 109 g/mol. The predicted molar refractivity (Wildman–Crippen MR) is 32.3 cm³/mol. The summed E-state index contributed by atoms with van der Waals surface area (Å²) in [5.41, 5.74) is 0. The standard InChI is InChI=1S/C6H9N2/c1-2-8-5-3-7-4-6-8/h1H,3-6H2. The van der Waals surface area contributed by atoms with Crippen LogP contribution in [0.2, 0.25) is 0 Å². The maximum absolute atomic E-state index is 5.14. The highest BCUT2D eigenvalue weighted by Crippen LogP contribution is 1.87. The first kappa shape index (κ1) is 5.46. The molecular formula is C6H9N2. The van der Waals surface area contributed by atoms with Gasteiger partial charge in [0.2, 0.25) is 0 Å². The lowest BCUT2D eigenvalue weighted by Gasteiger charge is -2.21. The summed E-state index contributed by atoms with van der Waals surface area (Å²) in [7, 11) is 0. The maximum Gasteiger partial charge on any atom is 0.0402 e. The zero-order chi connectivity index (χ0) is 5.82. The van der Waals surface area contributed by atoms with Gasteiger partial charge in [-0.2, -0.15) is 0 Å². The third-order valence-electron chi connectivity index (χ3n) is 1.24. The molecule has 0 aromatic carbocycles. The van der Waals surface area contributed by atoms with E-state index in [9.17, 15) is 0 Å². The zero-order valence-electron chi connectivity index (χ0n) is 4.80. The van der Waals surface area contributed by atoms with E-state index < -0.39 is 0 Å². The fraction of sp³-hybridized carbons (Fsp3) is 0.667. The maximum atomic E-state index is 5.14. The van der Waals surface area contributed by atoms with Crippen molar-refractivity contribution in [2.45, 2.75) is 0 Å². The third kappa shape index (κ3) is 1.14.